The lowest BCUT2D eigenvalue weighted by molar-refractivity contribution is 0.305. The Morgan fingerprint density at radius 3 is 2.94 bits per heavy atom. The molecule has 0 spiro atoms. The molecular formula is C13H20N2S. The highest BCUT2D eigenvalue weighted by molar-refractivity contribution is 7.98. The third-order valence-corrected chi connectivity index (χ3v) is 4.35. The van der Waals surface area contributed by atoms with E-state index in [-0.39, 0.29) is 0 Å². The average Bonchev–Trinajstić information content (AvgIpc) is 2.72. The van der Waals surface area contributed by atoms with Gasteiger partial charge in [-0.25, -0.2) is 0 Å². The molecule has 1 aromatic heterocycles. The molecule has 2 heterocycles. The van der Waals surface area contributed by atoms with Crippen molar-refractivity contribution >= 4 is 11.8 Å². The minimum Gasteiger partial charge on any atom is -0.303 e. The third-order valence-electron chi connectivity index (χ3n) is 3.29. The first-order valence-corrected chi connectivity index (χ1v) is 7.18. The Balaban J connectivity index is 1.62. The fourth-order valence-corrected chi connectivity index (χ4v) is 3.24. The topological polar surface area (TPSA) is 16.1 Å². The molecule has 1 aromatic rings. The first kappa shape index (κ1) is 11.9. The highest BCUT2D eigenvalue weighted by Gasteiger charge is 2.19. The Morgan fingerprint density at radius 1 is 1.44 bits per heavy atom. The molecule has 1 aliphatic heterocycles. The SMILES string of the molecule is CN1CCCC1CCSCc1ccncc1. The Labute approximate surface area is 102 Å². The zero-order chi connectivity index (χ0) is 11.2. The lowest BCUT2D eigenvalue weighted by Crippen LogP contribution is -2.25. The number of thioether (sulfide) groups is 1. The quantitative estimate of drug-likeness (QED) is 0.731. The molecule has 0 amide bonds. The van der Waals surface area contributed by atoms with Crippen LogP contribution in [0.1, 0.15) is 24.8 Å². The molecule has 88 valence electrons. The van der Waals surface area contributed by atoms with Crippen molar-refractivity contribution in [2.24, 2.45) is 0 Å². The highest BCUT2D eigenvalue weighted by atomic mass is 32.2. The predicted octanol–water partition coefficient (Wildman–Crippen LogP) is 2.80. The molecule has 1 unspecified atom stereocenters. The van der Waals surface area contributed by atoms with Crippen molar-refractivity contribution < 1.29 is 0 Å². The molecule has 0 N–H and O–H groups in total. The number of hydrogen-bond donors (Lipinski definition) is 0. The number of nitrogens with zero attached hydrogens (tertiary/aromatic N) is 2. The molecule has 1 atom stereocenters. The van der Waals surface area contributed by atoms with Crippen LogP contribution in [0.3, 0.4) is 0 Å². The normalized spacial score (nSPS) is 21.4. The Bertz CT molecular complexity index is 302. The molecule has 0 radical (unpaired) electrons. The van der Waals surface area contributed by atoms with E-state index in [1.807, 2.05) is 24.2 Å². The van der Waals surface area contributed by atoms with Crippen LogP contribution in [0.15, 0.2) is 24.5 Å². The highest BCUT2D eigenvalue weighted by Crippen LogP contribution is 2.21. The zero-order valence-corrected chi connectivity index (χ0v) is 10.7. The zero-order valence-electron chi connectivity index (χ0n) is 9.93. The van der Waals surface area contributed by atoms with Crippen molar-refractivity contribution in [3.63, 3.8) is 0 Å². The summed E-state index contributed by atoms with van der Waals surface area (Å²) < 4.78 is 0. The molecule has 1 aliphatic rings. The summed E-state index contributed by atoms with van der Waals surface area (Å²) in [6.07, 6.45) is 7.87. The number of hydrogen-bond acceptors (Lipinski definition) is 3. The summed E-state index contributed by atoms with van der Waals surface area (Å²) in [5, 5.41) is 0. The van der Waals surface area contributed by atoms with Crippen LogP contribution in [0.25, 0.3) is 0 Å². The number of pyridine rings is 1. The van der Waals surface area contributed by atoms with Crippen molar-refractivity contribution in [2.75, 3.05) is 19.3 Å². The summed E-state index contributed by atoms with van der Waals surface area (Å²) in [5.74, 6) is 2.40. The summed E-state index contributed by atoms with van der Waals surface area (Å²) in [6, 6.07) is 5.05. The van der Waals surface area contributed by atoms with Gasteiger partial charge in [0.2, 0.25) is 0 Å². The lowest BCUT2D eigenvalue weighted by Gasteiger charge is -2.18. The largest absolute Gasteiger partial charge is 0.303 e. The second-order valence-corrected chi connectivity index (χ2v) is 5.58. The summed E-state index contributed by atoms with van der Waals surface area (Å²) in [5.41, 5.74) is 1.39. The molecule has 1 fully saturated rings. The van der Waals surface area contributed by atoms with Crippen LogP contribution >= 0.6 is 11.8 Å². The fourth-order valence-electron chi connectivity index (χ4n) is 2.23. The van der Waals surface area contributed by atoms with Crippen molar-refractivity contribution in [1.82, 2.24) is 9.88 Å². The number of likely N-dealkylation sites (tertiary alicyclic amines) is 1. The van der Waals surface area contributed by atoms with Gasteiger partial charge < -0.3 is 4.90 Å². The molecule has 0 saturated carbocycles. The molecule has 2 nitrogen and oxygen atoms in total. The molecule has 1 saturated heterocycles. The molecular weight excluding hydrogens is 216 g/mol. The first-order chi connectivity index (χ1) is 7.86. The van der Waals surface area contributed by atoms with E-state index in [4.69, 9.17) is 0 Å². The van der Waals surface area contributed by atoms with Crippen LogP contribution in [0.2, 0.25) is 0 Å². The van der Waals surface area contributed by atoms with Gasteiger partial charge in [-0.05, 0) is 56.3 Å². The average molecular weight is 236 g/mol. The van der Waals surface area contributed by atoms with Crippen molar-refractivity contribution in [3.8, 4) is 0 Å². The fraction of sp³-hybridized carbons (Fsp3) is 0.615. The van der Waals surface area contributed by atoms with Crippen molar-refractivity contribution in [1.29, 1.82) is 0 Å². The van der Waals surface area contributed by atoms with Gasteiger partial charge in [-0.2, -0.15) is 11.8 Å². The van der Waals surface area contributed by atoms with Gasteiger partial charge in [0.25, 0.3) is 0 Å². The van der Waals surface area contributed by atoms with Crippen LogP contribution in [-0.2, 0) is 5.75 Å². The van der Waals surface area contributed by atoms with Crippen molar-refractivity contribution in [3.05, 3.63) is 30.1 Å². The van der Waals surface area contributed by atoms with Gasteiger partial charge in [0.1, 0.15) is 0 Å². The van der Waals surface area contributed by atoms with Gasteiger partial charge in [-0.15, -0.1) is 0 Å². The summed E-state index contributed by atoms with van der Waals surface area (Å²) in [6.45, 7) is 1.29. The van der Waals surface area contributed by atoms with Gasteiger partial charge >= 0.3 is 0 Å². The maximum atomic E-state index is 4.03. The van der Waals surface area contributed by atoms with E-state index >= 15 is 0 Å². The summed E-state index contributed by atoms with van der Waals surface area (Å²) in [7, 11) is 2.26. The van der Waals surface area contributed by atoms with E-state index in [1.54, 1.807) is 0 Å². The predicted molar refractivity (Wildman–Crippen MR) is 70.7 cm³/mol. The van der Waals surface area contributed by atoms with E-state index in [2.05, 4.69) is 29.1 Å². The second-order valence-electron chi connectivity index (χ2n) is 4.47. The van der Waals surface area contributed by atoms with Crippen LogP contribution in [0.5, 0.6) is 0 Å². The molecule has 0 aromatic carbocycles. The van der Waals surface area contributed by atoms with Crippen molar-refractivity contribution in [2.45, 2.75) is 31.1 Å². The Morgan fingerprint density at radius 2 is 2.25 bits per heavy atom. The van der Waals surface area contributed by atoms with Gasteiger partial charge in [0.05, 0.1) is 0 Å². The van der Waals surface area contributed by atoms with Gasteiger partial charge in [-0.3, -0.25) is 4.98 Å². The van der Waals surface area contributed by atoms with Crippen LogP contribution in [0, 0.1) is 0 Å². The maximum Gasteiger partial charge on any atom is 0.0270 e. The van der Waals surface area contributed by atoms with E-state index < -0.39 is 0 Å². The third kappa shape index (κ3) is 3.49. The van der Waals surface area contributed by atoms with E-state index in [0.29, 0.717) is 0 Å². The minimum absolute atomic E-state index is 0.838. The second kappa shape index (κ2) is 6.26. The van der Waals surface area contributed by atoms with Crippen LogP contribution in [-0.4, -0.2) is 35.3 Å². The van der Waals surface area contributed by atoms with Crippen LogP contribution in [0.4, 0.5) is 0 Å². The van der Waals surface area contributed by atoms with Gasteiger partial charge in [-0.1, -0.05) is 0 Å². The Kier molecular flexibility index (Phi) is 4.67. The monoisotopic (exact) mass is 236 g/mol. The first-order valence-electron chi connectivity index (χ1n) is 6.03. The molecule has 0 bridgehead atoms. The van der Waals surface area contributed by atoms with E-state index in [1.165, 1.54) is 37.1 Å². The minimum atomic E-state index is 0.838. The molecule has 0 aliphatic carbocycles. The smallest absolute Gasteiger partial charge is 0.0270 e. The molecule has 3 heteroatoms. The van der Waals surface area contributed by atoms with Crippen LogP contribution < -0.4 is 0 Å². The number of aromatic nitrogens is 1. The number of rotatable bonds is 5. The maximum absolute atomic E-state index is 4.03. The molecule has 16 heavy (non-hydrogen) atoms. The lowest BCUT2D eigenvalue weighted by atomic mass is 10.2. The summed E-state index contributed by atoms with van der Waals surface area (Å²) >= 11 is 2.04. The Hall–Kier alpha value is -0.540. The van der Waals surface area contributed by atoms with E-state index in [0.717, 1.165) is 11.8 Å². The van der Waals surface area contributed by atoms with Gasteiger partial charge in [0.15, 0.2) is 0 Å². The molecule has 2 rings (SSSR count). The standard InChI is InChI=1S/C13H20N2S/c1-15-9-2-3-13(15)6-10-16-11-12-4-7-14-8-5-12/h4-5,7-8,13H,2-3,6,9-11H2,1H3. The van der Waals surface area contributed by atoms with Gasteiger partial charge in [0, 0.05) is 24.2 Å². The van der Waals surface area contributed by atoms with E-state index in [9.17, 15) is 0 Å². The summed E-state index contributed by atoms with van der Waals surface area (Å²) in [4.78, 5) is 6.54.